The van der Waals surface area contributed by atoms with Crippen molar-refractivity contribution in [2.75, 3.05) is 41.7 Å². The van der Waals surface area contributed by atoms with E-state index in [9.17, 15) is 0 Å². The molecule has 30 heavy (non-hydrogen) atoms. The molecular formula is C22H24ClN6S. The van der Waals surface area contributed by atoms with Gasteiger partial charge in [-0.3, -0.25) is 0 Å². The molecule has 155 valence electrons. The Hall–Kier alpha value is -2.38. The summed E-state index contributed by atoms with van der Waals surface area (Å²) in [6.07, 6.45) is 6.16. The van der Waals surface area contributed by atoms with Gasteiger partial charge in [-0.1, -0.05) is 29.8 Å². The number of piperidine rings is 1. The van der Waals surface area contributed by atoms with Gasteiger partial charge in [0.25, 0.3) is 0 Å². The first-order valence-electron chi connectivity index (χ1n) is 10.4. The Kier molecular flexibility index (Phi) is 5.48. The maximum atomic E-state index is 6.37. The van der Waals surface area contributed by atoms with Gasteiger partial charge in [0.05, 0.1) is 16.4 Å². The van der Waals surface area contributed by atoms with E-state index in [2.05, 4.69) is 43.3 Å². The van der Waals surface area contributed by atoms with Crippen LogP contribution in [0.3, 0.4) is 0 Å². The highest BCUT2D eigenvalue weighted by Crippen LogP contribution is 2.38. The third-order valence-corrected chi connectivity index (χ3v) is 7.29. The summed E-state index contributed by atoms with van der Waals surface area (Å²) in [6, 6.07) is 9.67. The lowest BCUT2D eigenvalue weighted by Gasteiger charge is -2.33. The minimum absolute atomic E-state index is 0.329. The van der Waals surface area contributed by atoms with Gasteiger partial charge >= 0.3 is 0 Å². The number of anilines is 3. The molecule has 3 aromatic rings. The third kappa shape index (κ3) is 3.72. The van der Waals surface area contributed by atoms with Crippen LogP contribution in [-0.4, -0.2) is 41.1 Å². The van der Waals surface area contributed by atoms with E-state index >= 15 is 0 Å². The van der Waals surface area contributed by atoms with E-state index in [1.165, 1.54) is 35.4 Å². The number of para-hydroxylation sites is 1. The summed E-state index contributed by atoms with van der Waals surface area (Å²) in [5.41, 5.74) is 9.29. The Bertz CT molecular complexity index is 1030. The molecule has 1 atom stereocenters. The normalized spacial score (nSPS) is 19.4. The molecule has 6 nitrogen and oxygen atoms in total. The summed E-state index contributed by atoms with van der Waals surface area (Å²) in [7, 11) is 0. The summed E-state index contributed by atoms with van der Waals surface area (Å²) in [4.78, 5) is 18.1. The minimum atomic E-state index is 0.329. The van der Waals surface area contributed by atoms with Crippen molar-refractivity contribution in [3.63, 3.8) is 0 Å². The van der Waals surface area contributed by atoms with Crippen LogP contribution in [0.25, 0.3) is 11.3 Å². The molecule has 4 heterocycles. The number of aromatic nitrogens is 3. The monoisotopic (exact) mass is 439 g/mol. The molecule has 0 aliphatic carbocycles. The zero-order chi connectivity index (χ0) is 20.5. The molecule has 2 N–H and O–H groups in total. The van der Waals surface area contributed by atoms with Crippen LogP contribution >= 0.6 is 22.9 Å². The van der Waals surface area contributed by atoms with E-state index in [4.69, 9.17) is 22.3 Å². The number of nitrogens with two attached hydrogens (primary N) is 1. The van der Waals surface area contributed by atoms with Crippen LogP contribution in [0.15, 0.2) is 29.9 Å². The summed E-state index contributed by atoms with van der Waals surface area (Å²) in [6.45, 7) is 3.95. The van der Waals surface area contributed by atoms with Crippen LogP contribution in [0.1, 0.15) is 36.6 Å². The average molecular weight is 440 g/mol. The van der Waals surface area contributed by atoms with Gasteiger partial charge in [-0.05, 0) is 25.7 Å². The second-order valence-electron chi connectivity index (χ2n) is 7.88. The van der Waals surface area contributed by atoms with Crippen molar-refractivity contribution in [3.05, 3.63) is 46.0 Å². The molecule has 5 rings (SSSR count). The van der Waals surface area contributed by atoms with Crippen LogP contribution in [0.5, 0.6) is 0 Å². The van der Waals surface area contributed by atoms with E-state index in [-0.39, 0.29) is 0 Å². The van der Waals surface area contributed by atoms with E-state index in [1.54, 1.807) is 11.3 Å². The molecule has 0 saturated carbocycles. The molecule has 0 bridgehead atoms. The fourth-order valence-corrected chi connectivity index (χ4v) is 5.57. The molecule has 0 spiro atoms. The van der Waals surface area contributed by atoms with Gasteiger partial charge in [0.2, 0.25) is 0 Å². The second-order valence-corrected chi connectivity index (χ2v) is 9.15. The van der Waals surface area contributed by atoms with Crippen LogP contribution in [0.4, 0.5) is 17.3 Å². The number of benzene rings is 1. The smallest absolute Gasteiger partial charge is 0.153 e. The predicted octanol–water partition coefficient (Wildman–Crippen LogP) is 4.62. The van der Waals surface area contributed by atoms with Gasteiger partial charge in [0.15, 0.2) is 5.82 Å². The average Bonchev–Trinajstić information content (AvgIpc) is 3.48. The topological polar surface area (TPSA) is 71.2 Å². The second kappa shape index (κ2) is 8.40. The Balaban J connectivity index is 1.39. The van der Waals surface area contributed by atoms with Gasteiger partial charge < -0.3 is 15.5 Å². The van der Waals surface area contributed by atoms with Gasteiger partial charge in [-0.25, -0.2) is 15.0 Å². The van der Waals surface area contributed by atoms with Crippen LogP contribution in [-0.2, 0) is 0 Å². The van der Waals surface area contributed by atoms with E-state index in [0.29, 0.717) is 16.8 Å². The van der Waals surface area contributed by atoms with Crippen molar-refractivity contribution in [3.8, 4) is 11.3 Å². The first kappa shape index (κ1) is 19.6. The first-order valence-corrected chi connectivity index (χ1v) is 11.7. The number of nitrogen functional groups attached to an aromatic ring is 1. The maximum absolute atomic E-state index is 6.37. The highest BCUT2D eigenvalue weighted by Gasteiger charge is 2.27. The fourth-order valence-electron chi connectivity index (χ4n) is 4.40. The quantitative estimate of drug-likeness (QED) is 0.639. The SMILES string of the molecule is Nc1ncnc(N2CCCC(c3nc(-c4ccc[c]c4N4CCCC4)cs3)C2)c1Cl. The molecule has 2 aliphatic rings. The molecule has 1 unspecified atom stereocenters. The highest BCUT2D eigenvalue weighted by atomic mass is 35.5. The molecule has 1 radical (unpaired) electrons. The fraction of sp³-hybridized carbons (Fsp3) is 0.409. The Morgan fingerprint density at radius 1 is 1.13 bits per heavy atom. The molecule has 2 aliphatic heterocycles. The molecule has 2 aromatic heterocycles. The Labute approximate surface area is 185 Å². The summed E-state index contributed by atoms with van der Waals surface area (Å²) < 4.78 is 0. The van der Waals surface area contributed by atoms with Crippen molar-refractivity contribution in [1.29, 1.82) is 0 Å². The molecule has 2 saturated heterocycles. The summed E-state index contributed by atoms with van der Waals surface area (Å²) in [5.74, 6) is 1.41. The first-order chi connectivity index (χ1) is 14.7. The lowest BCUT2D eigenvalue weighted by molar-refractivity contribution is 0.505. The number of thiazole rings is 1. The lowest BCUT2D eigenvalue weighted by Crippen LogP contribution is -2.35. The standard InChI is InChI=1S/C22H24ClN6S/c23-19-20(24)25-14-26-21(19)29-11-5-6-15(12-29)22-27-17(13-30-22)16-7-1-2-8-18(16)28-9-3-4-10-28/h1-2,7,13-15H,3-6,9-12H2,(H2,24,25,26). The van der Waals surface area contributed by atoms with Gasteiger partial charge in [-0.2, -0.15) is 0 Å². The molecule has 2 fully saturated rings. The third-order valence-electron chi connectivity index (χ3n) is 5.92. The lowest BCUT2D eigenvalue weighted by atomic mass is 9.98. The van der Waals surface area contributed by atoms with E-state index < -0.39 is 0 Å². The molecule has 1 aromatic carbocycles. The van der Waals surface area contributed by atoms with Crippen molar-refractivity contribution in [1.82, 2.24) is 15.0 Å². The number of hydrogen-bond donors (Lipinski definition) is 1. The van der Waals surface area contributed by atoms with Crippen LogP contribution < -0.4 is 15.5 Å². The zero-order valence-corrected chi connectivity index (χ0v) is 18.3. The molecule has 8 heteroatoms. The molecular weight excluding hydrogens is 416 g/mol. The maximum Gasteiger partial charge on any atom is 0.153 e. The largest absolute Gasteiger partial charge is 0.382 e. The van der Waals surface area contributed by atoms with Gasteiger partial charge in [0.1, 0.15) is 17.2 Å². The van der Waals surface area contributed by atoms with Crippen molar-refractivity contribution in [2.24, 2.45) is 0 Å². The number of nitrogens with zero attached hydrogens (tertiary/aromatic N) is 5. The Morgan fingerprint density at radius 3 is 2.83 bits per heavy atom. The summed E-state index contributed by atoms with van der Waals surface area (Å²) in [5, 5.41) is 3.80. The van der Waals surface area contributed by atoms with E-state index in [1.807, 2.05) is 6.07 Å². The Morgan fingerprint density at radius 2 is 1.97 bits per heavy atom. The zero-order valence-electron chi connectivity index (χ0n) is 16.7. The van der Waals surface area contributed by atoms with Gasteiger partial charge in [0, 0.05) is 49.1 Å². The van der Waals surface area contributed by atoms with Crippen LogP contribution in [0.2, 0.25) is 5.02 Å². The van der Waals surface area contributed by atoms with Crippen molar-refractivity contribution in [2.45, 2.75) is 31.6 Å². The van der Waals surface area contributed by atoms with Crippen molar-refractivity contribution < 1.29 is 0 Å². The molecule has 0 amide bonds. The minimum Gasteiger partial charge on any atom is -0.382 e. The number of hydrogen-bond acceptors (Lipinski definition) is 7. The highest BCUT2D eigenvalue weighted by molar-refractivity contribution is 7.10. The number of rotatable bonds is 4. The predicted molar refractivity (Wildman–Crippen MR) is 123 cm³/mol. The summed E-state index contributed by atoms with van der Waals surface area (Å²) >= 11 is 8.12. The van der Waals surface area contributed by atoms with Crippen molar-refractivity contribution >= 4 is 40.3 Å². The van der Waals surface area contributed by atoms with E-state index in [0.717, 1.165) is 50.5 Å². The van der Waals surface area contributed by atoms with Gasteiger partial charge in [-0.15, -0.1) is 11.3 Å². The van der Waals surface area contributed by atoms with Crippen LogP contribution in [0, 0.1) is 6.07 Å². The number of halogens is 1.